The molecule has 0 spiro atoms. The average Bonchev–Trinajstić information content (AvgIpc) is 3.03. The van der Waals surface area contributed by atoms with E-state index in [-0.39, 0.29) is 5.82 Å². The standard InChI is InChI=1S/C16H13FN4OS2/c17-12-6-8-13(9-7-12)18-14(22)19-15-20-21-16(24-15)23-10-11-4-2-1-3-5-11/h1-9H,10H2,(H2,18,19,20,22). The van der Waals surface area contributed by atoms with Crippen LogP contribution in [0.25, 0.3) is 0 Å². The number of halogens is 1. The van der Waals surface area contributed by atoms with Gasteiger partial charge in [-0.3, -0.25) is 5.32 Å². The first-order valence-corrected chi connectivity index (χ1v) is 8.83. The largest absolute Gasteiger partial charge is 0.325 e. The van der Waals surface area contributed by atoms with Gasteiger partial charge in [0.1, 0.15) is 5.82 Å². The summed E-state index contributed by atoms with van der Waals surface area (Å²) < 4.78 is 13.6. The van der Waals surface area contributed by atoms with Crippen molar-refractivity contribution in [3.05, 3.63) is 66.0 Å². The molecule has 1 aromatic heterocycles. The summed E-state index contributed by atoms with van der Waals surface area (Å²) in [7, 11) is 0. The molecular formula is C16H13FN4OS2. The van der Waals surface area contributed by atoms with Crippen molar-refractivity contribution in [3.8, 4) is 0 Å². The predicted octanol–water partition coefficient (Wildman–Crippen LogP) is 4.61. The van der Waals surface area contributed by atoms with Crippen LogP contribution in [-0.4, -0.2) is 16.2 Å². The number of urea groups is 1. The number of rotatable bonds is 5. The third-order valence-electron chi connectivity index (χ3n) is 2.93. The third kappa shape index (κ3) is 4.77. The molecule has 0 radical (unpaired) electrons. The first-order valence-electron chi connectivity index (χ1n) is 7.03. The van der Waals surface area contributed by atoms with Crippen molar-refractivity contribution in [3.63, 3.8) is 0 Å². The average molecular weight is 360 g/mol. The highest BCUT2D eigenvalue weighted by atomic mass is 32.2. The van der Waals surface area contributed by atoms with E-state index in [0.717, 1.165) is 10.1 Å². The molecule has 3 rings (SSSR count). The molecule has 0 saturated heterocycles. The summed E-state index contributed by atoms with van der Waals surface area (Å²) in [5.74, 6) is 0.433. The van der Waals surface area contributed by atoms with E-state index >= 15 is 0 Å². The van der Waals surface area contributed by atoms with Crippen LogP contribution in [0, 0.1) is 5.82 Å². The number of thioether (sulfide) groups is 1. The van der Waals surface area contributed by atoms with E-state index in [0.29, 0.717) is 10.8 Å². The Morgan fingerprint density at radius 3 is 2.54 bits per heavy atom. The number of amides is 2. The summed E-state index contributed by atoms with van der Waals surface area (Å²) in [6.07, 6.45) is 0. The number of nitrogens with one attached hydrogen (secondary N) is 2. The summed E-state index contributed by atoms with van der Waals surface area (Å²) in [4.78, 5) is 11.9. The first-order chi connectivity index (χ1) is 11.7. The number of carbonyl (C=O) groups is 1. The Balaban J connectivity index is 1.51. The molecule has 2 N–H and O–H groups in total. The molecule has 2 aromatic carbocycles. The minimum Gasteiger partial charge on any atom is -0.308 e. The van der Waals surface area contributed by atoms with E-state index < -0.39 is 6.03 Å². The fraction of sp³-hybridized carbons (Fsp3) is 0.0625. The zero-order valence-corrected chi connectivity index (χ0v) is 14.0. The smallest absolute Gasteiger partial charge is 0.308 e. The number of hydrogen-bond donors (Lipinski definition) is 2. The van der Waals surface area contributed by atoms with Crippen molar-refractivity contribution in [2.45, 2.75) is 10.1 Å². The van der Waals surface area contributed by atoms with Crippen LogP contribution in [0.15, 0.2) is 58.9 Å². The molecule has 0 unspecified atom stereocenters. The van der Waals surface area contributed by atoms with Crippen molar-refractivity contribution in [1.29, 1.82) is 0 Å². The minimum atomic E-state index is -0.447. The van der Waals surface area contributed by atoms with Crippen molar-refractivity contribution in [1.82, 2.24) is 10.2 Å². The zero-order chi connectivity index (χ0) is 16.8. The van der Waals surface area contributed by atoms with Crippen LogP contribution in [0.4, 0.5) is 20.0 Å². The Morgan fingerprint density at radius 1 is 1.04 bits per heavy atom. The van der Waals surface area contributed by atoms with Crippen LogP contribution >= 0.6 is 23.1 Å². The first kappa shape index (κ1) is 16.4. The summed E-state index contributed by atoms with van der Waals surface area (Å²) in [5, 5.41) is 13.6. The number of anilines is 2. The predicted molar refractivity (Wildman–Crippen MR) is 95.0 cm³/mol. The second-order valence-corrected chi connectivity index (χ2v) is 6.93. The van der Waals surface area contributed by atoms with Gasteiger partial charge in [-0.1, -0.05) is 53.4 Å². The van der Waals surface area contributed by atoms with Gasteiger partial charge in [0.25, 0.3) is 0 Å². The number of carbonyl (C=O) groups excluding carboxylic acids is 1. The van der Waals surface area contributed by atoms with Gasteiger partial charge in [0, 0.05) is 11.4 Å². The van der Waals surface area contributed by atoms with Crippen molar-refractivity contribution >= 4 is 39.9 Å². The Morgan fingerprint density at radius 2 is 1.79 bits per heavy atom. The van der Waals surface area contributed by atoms with E-state index in [9.17, 15) is 9.18 Å². The number of nitrogens with zero attached hydrogens (tertiary/aromatic N) is 2. The summed E-state index contributed by atoms with van der Waals surface area (Å²) in [6.45, 7) is 0. The summed E-state index contributed by atoms with van der Waals surface area (Å²) >= 11 is 2.86. The molecule has 0 aliphatic rings. The lowest BCUT2D eigenvalue weighted by molar-refractivity contribution is 0.262. The van der Waals surface area contributed by atoms with Crippen molar-refractivity contribution < 1.29 is 9.18 Å². The van der Waals surface area contributed by atoms with Crippen LogP contribution in [0.5, 0.6) is 0 Å². The maximum atomic E-state index is 12.8. The third-order valence-corrected chi connectivity index (χ3v) is 4.98. The molecule has 2 amide bonds. The Kier molecular flexibility index (Phi) is 5.39. The second-order valence-electron chi connectivity index (χ2n) is 4.73. The lowest BCUT2D eigenvalue weighted by atomic mass is 10.2. The van der Waals surface area contributed by atoms with Gasteiger partial charge in [-0.05, 0) is 29.8 Å². The monoisotopic (exact) mass is 360 g/mol. The zero-order valence-electron chi connectivity index (χ0n) is 12.4. The Bertz CT molecular complexity index is 808. The quantitative estimate of drug-likeness (QED) is 0.515. The molecule has 0 saturated carbocycles. The van der Waals surface area contributed by atoms with Crippen LogP contribution < -0.4 is 10.6 Å². The Labute approximate surface area is 146 Å². The highest BCUT2D eigenvalue weighted by Gasteiger charge is 2.09. The number of aromatic nitrogens is 2. The Hall–Kier alpha value is -2.45. The molecule has 8 heteroatoms. The van der Waals surface area contributed by atoms with E-state index in [4.69, 9.17) is 0 Å². The van der Waals surface area contributed by atoms with Crippen molar-refractivity contribution in [2.24, 2.45) is 0 Å². The van der Waals surface area contributed by atoms with E-state index in [1.165, 1.54) is 41.2 Å². The molecule has 3 aromatic rings. The summed E-state index contributed by atoms with van der Waals surface area (Å²) in [6, 6.07) is 15.1. The van der Waals surface area contributed by atoms with Gasteiger partial charge in [0.15, 0.2) is 4.34 Å². The normalized spacial score (nSPS) is 10.4. The highest BCUT2D eigenvalue weighted by molar-refractivity contribution is 8.00. The molecule has 0 bridgehead atoms. The van der Waals surface area contributed by atoms with Crippen LogP contribution in [0.1, 0.15) is 5.56 Å². The highest BCUT2D eigenvalue weighted by Crippen LogP contribution is 2.28. The molecular weight excluding hydrogens is 347 g/mol. The van der Waals surface area contributed by atoms with Crippen LogP contribution in [-0.2, 0) is 5.75 Å². The lowest BCUT2D eigenvalue weighted by Crippen LogP contribution is -2.19. The molecule has 24 heavy (non-hydrogen) atoms. The van der Waals surface area contributed by atoms with E-state index in [2.05, 4.69) is 20.8 Å². The van der Waals surface area contributed by atoms with Crippen LogP contribution in [0.3, 0.4) is 0 Å². The molecule has 122 valence electrons. The fourth-order valence-electron chi connectivity index (χ4n) is 1.83. The molecule has 0 aliphatic heterocycles. The van der Waals surface area contributed by atoms with Gasteiger partial charge in [0.05, 0.1) is 0 Å². The molecule has 0 atom stereocenters. The van der Waals surface area contributed by atoms with Crippen molar-refractivity contribution in [2.75, 3.05) is 10.6 Å². The van der Waals surface area contributed by atoms with E-state index in [1.54, 1.807) is 11.8 Å². The van der Waals surface area contributed by atoms with Gasteiger partial charge >= 0.3 is 6.03 Å². The maximum Gasteiger partial charge on any atom is 0.325 e. The molecule has 1 heterocycles. The van der Waals surface area contributed by atoms with Gasteiger partial charge < -0.3 is 5.32 Å². The number of hydrogen-bond acceptors (Lipinski definition) is 5. The van der Waals surface area contributed by atoms with E-state index in [1.807, 2.05) is 30.3 Å². The SMILES string of the molecule is O=C(Nc1ccc(F)cc1)Nc1nnc(SCc2ccccc2)s1. The fourth-order valence-corrected chi connectivity index (χ4v) is 3.53. The topological polar surface area (TPSA) is 66.9 Å². The summed E-state index contributed by atoms with van der Waals surface area (Å²) in [5.41, 5.74) is 1.69. The lowest BCUT2D eigenvalue weighted by Gasteiger charge is -2.04. The van der Waals surface area contributed by atoms with Gasteiger partial charge in [0.2, 0.25) is 5.13 Å². The van der Waals surface area contributed by atoms with Gasteiger partial charge in [-0.25, -0.2) is 9.18 Å². The molecule has 5 nitrogen and oxygen atoms in total. The number of benzene rings is 2. The maximum absolute atomic E-state index is 12.8. The van der Waals surface area contributed by atoms with Gasteiger partial charge in [-0.2, -0.15) is 0 Å². The molecule has 0 fully saturated rings. The van der Waals surface area contributed by atoms with Crippen LogP contribution in [0.2, 0.25) is 0 Å². The molecule has 0 aliphatic carbocycles. The van der Waals surface area contributed by atoms with Gasteiger partial charge in [-0.15, -0.1) is 10.2 Å². The minimum absolute atomic E-state index is 0.356. The second kappa shape index (κ2) is 7.89.